The molecule has 0 bridgehead atoms. The van der Waals surface area contributed by atoms with E-state index >= 15 is 0 Å². The van der Waals surface area contributed by atoms with Gasteiger partial charge in [0.15, 0.2) is 0 Å². The first kappa shape index (κ1) is 11.7. The zero-order valence-electron chi connectivity index (χ0n) is 9.79. The molecule has 2 heterocycles. The topological polar surface area (TPSA) is 75.1 Å². The second-order valence-corrected chi connectivity index (χ2v) is 5.16. The van der Waals surface area contributed by atoms with Crippen LogP contribution in [0.1, 0.15) is 15.2 Å². The number of rotatable bonds is 3. The molecule has 6 heteroatoms. The SMILES string of the molecule is O=C(O)c1ccc2[nH]c(=O)n(Cc3cccs3)c2c1. The van der Waals surface area contributed by atoms with E-state index in [1.165, 1.54) is 12.1 Å². The summed E-state index contributed by atoms with van der Waals surface area (Å²) in [5.74, 6) is -1.00. The Morgan fingerprint density at radius 2 is 2.21 bits per heavy atom. The van der Waals surface area contributed by atoms with Gasteiger partial charge in [-0.2, -0.15) is 0 Å². The minimum Gasteiger partial charge on any atom is -0.478 e. The maximum Gasteiger partial charge on any atom is 0.335 e. The van der Waals surface area contributed by atoms with Crippen LogP contribution in [0.3, 0.4) is 0 Å². The molecule has 0 aliphatic heterocycles. The van der Waals surface area contributed by atoms with Gasteiger partial charge in [-0.3, -0.25) is 4.57 Å². The van der Waals surface area contributed by atoms with Crippen LogP contribution in [0.4, 0.5) is 0 Å². The molecule has 1 aromatic carbocycles. The molecule has 3 rings (SSSR count). The van der Waals surface area contributed by atoms with Crippen LogP contribution in [0.15, 0.2) is 40.5 Å². The number of benzene rings is 1. The van der Waals surface area contributed by atoms with Gasteiger partial charge < -0.3 is 10.1 Å². The number of aromatic nitrogens is 2. The van der Waals surface area contributed by atoms with Gasteiger partial charge in [0.25, 0.3) is 0 Å². The summed E-state index contributed by atoms with van der Waals surface area (Å²) >= 11 is 1.56. The van der Waals surface area contributed by atoms with Crippen LogP contribution in [0.5, 0.6) is 0 Å². The van der Waals surface area contributed by atoms with Crippen LogP contribution in [-0.4, -0.2) is 20.6 Å². The average molecular weight is 274 g/mol. The Kier molecular flexibility index (Phi) is 2.72. The molecule has 3 aromatic rings. The van der Waals surface area contributed by atoms with Crippen molar-refractivity contribution < 1.29 is 9.90 Å². The number of nitrogens with zero attached hydrogens (tertiary/aromatic N) is 1. The first-order chi connectivity index (χ1) is 9.15. The van der Waals surface area contributed by atoms with E-state index in [2.05, 4.69) is 4.98 Å². The van der Waals surface area contributed by atoms with E-state index < -0.39 is 5.97 Å². The van der Waals surface area contributed by atoms with Crippen molar-refractivity contribution in [2.45, 2.75) is 6.54 Å². The number of carboxylic acids is 1. The van der Waals surface area contributed by atoms with Gasteiger partial charge in [-0.25, -0.2) is 9.59 Å². The fraction of sp³-hybridized carbons (Fsp3) is 0.0769. The van der Waals surface area contributed by atoms with Gasteiger partial charge >= 0.3 is 11.7 Å². The Morgan fingerprint density at radius 3 is 2.89 bits per heavy atom. The number of hydrogen-bond donors (Lipinski definition) is 2. The molecule has 0 aliphatic carbocycles. The first-order valence-corrected chi connectivity index (χ1v) is 6.51. The van der Waals surface area contributed by atoms with Crippen molar-refractivity contribution in [2.75, 3.05) is 0 Å². The Bertz CT molecular complexity index is 799. The smallest absolute Gasteiger partial charge is 0.335 e. The number of aromatic carboxylic acids is 1. The zero-order valence-corrected chi connectivity index (χ0v) is 10.6. The summed E-state index contributed by atoms with van der Waals surface area (Å²) in [5, 5.41) is 10.9. The maximum absolute atomic E-state index is 11.9. The molecule has 0 saturated carbocycles. The third-order valence-corrected chi connectivity index (χ3v) is 3.78. The number of carbonyl (C=O) groups is 1. The Labute approximate surface area is 111 Å². The lowest BCUT2D eigenvalue weighted by Gasteiger charge is -2.01. The Morgan fingerprint density at radius 1 is 1.37 bits per heavy atom. The predicted molar refractivity (Wildman–Crippen MR) is 72.9 cm³/mol. The van der Waals surface area contributed by atoms with Crippen LogP contribution < -0.4 is 5.69 Å². The molecular weight excluding hydrogens is 264 g/mol. The van der Waals surface area contributed by atoms with Gasteiger partial charge in [-0.1, -0.05) is 6.07 Å². The van der Waals surface area contributed by atoms with Gasteiger partial charge in [0.1, 0.15) is 0 Å². The molecule has 0 saturated heterocycles. The largest absolute Gasteiger partial charge is 0.478 e. The van der Waals surface area contributed by atoms with Crippen molar-refractivity contribution in [2.24, 2.45) is 0 Å². The quantitative estimate of drug-likeness (QED) is 0.768. The first-order valence-electron chi connectivity index (χ1n) is 5.63. The third kappa shape index (κ3) is 2.06. The van der Waals surface area contributed by atoms with Gasteiger partial charge in [-0.05, 0) is 29.6 Å². The number of carboxylic acid groups (broad SMARTS) is 1. The lowest BCUT2D eigenvalue weighted by molar-refractivity contribution is 0.0697. The van der Waals surface area contributed by atoms with Crippen LogP contribution in [0.2, 0.25) is 0 Å². The molecule has 0 fully saturated rings. The standard InChI is InChI=1S/C13H10N2O3S/c16-12(17)8-3-4-10-11(6-8)15(13(18)14-10)7-9-2-1-5-19-9/h1-6H,7H2,(H,14,18)(H,16,17). The van der Waals surface area contributed by atoms with Gasteiger partial charge in [-0.15, -0.1) is 11.3 Å². The highest BCUT2D eigenvalue weighted by Gasteiger charge is 2.11. The molecular formula is C13H10N2O3S. The molecule has 5 nitrogen and oxygen atoms in total. The van der Waals surface area contributed by atoms with Crippen molar-refractivity contribution in [1.82, 2.24) is 9.55 Å². The van der Waals surface area contributed by atoms with E-state index in [1.807, 2.05) is 17.5 Å². The summed E-state index contributed by atoms with van der Waals surface area (Å²) in [6.45, 7) is 0.444. The van der Waals surface area contributed by atoms with Crippen molar-refractivity contribution >= 4 is 28.3 Å². The van der Waals surface area contributed by atoms with Crippen molar-refractivity contribution in [3.63, 3.8) is 0 Å². The number of H-pyrrole nitrogens is 1. The van der Waals surface area contributed by atoms with Crippen LogP contribution >= 0.6 is 11.3 Å². The zero-order chi connectivity index (χ0) is 13.4. The molecule has 2 N–H and O–H groups in total. The van der Waals surface area contributed by atoms with E-state index in [-0.39, 0.29) is 11.3 Å². The molecule has 0 amide bonds. The fourth-order valence-corrected chi connectivity index (χ4v) is 2.69. The average Bonchev–Trinajstić information content (AvgIpc) is 2.98. The Balaban J connectivity index is 2.16. The minimum absolute atomic E-state index is 0.173. The summed E-state index contributed by atoms with van der Waals surface area (Å²) in [5.41, 5.74) is 1.20. The fourth-order valence-electron chi connectivity index (χ4n) is 2.00. The van der Waals surface area contributed by atoms with Crippen LogP contribution in [0, 0.1) is 0 Å². The summed E-state index contributed by atoms with van der Waals surface area (Å²) in [4.78, 5) is 26.7. The third-order valence-electron chi connectivity index (χ3n) is 2.92. The number of imidazole rings is 1. The number of fused-ring (bicyclic) bond motifs is 1. The van der Waals surface area contributed by atoms with Crippen molar-refractivity contribution in [3.8, 4) is 0 Å². The van der Waals surface area contributed by atoms with Gasteiger partial charge in [0, 0.05) is 4.88 Å². The summed E-state index contributed by atoms with van der Waals surface area (Å²) < 4.78 is 1.55. The predicted octanol–water partition coefficient (Wildman–Crippen LogP) is 2.14. The summed E-state index contributed by atoms with van der Waals surface area (Å²) in [7, 11) is 0. The molecule has 0 aliphatic rings. The molecule has 0 atom stereocenters. The van der Waals surface area contributed by atoms with Crippen LogP contribution in [-0.2, 0) is 6.54 Å². The van der Waals surface area contributed by atoms with E-state index in [1.54, 1.807) is 22.0 Å². The molecule has 0 unspecified atom stereocenters. The highest BCUT2D eigenvalue weighted by atomic mass is 32.1. The molecule has 0 spiro atoms. The highest BCUT2D eigenvalue weighted by molar-refractivity contribution is 7.09. The number of aromatic amines is 1. The number of hydrogen-bond acceptors (Lipinski definition) is 3. The minimum atomic E-state index is -1.00. The number of nitrogens with one attached hydrogen (secondary N) is 1. The van der Waals surface area contributed by atoms with Gasteiger partial charge in [0.2, 0.25) is 0 Å². The van der Waals surface area contributed by atoms with Crippen molar-refractivity contribution in [3.05, 3.63) is 56.6 Å². The highest BCUT2D eigenvalue weighted by Crippen LogP contribution is 2.16. The maximum atomic E-state index is 11.9. The van der Waals surface area contributed by atoms with Crippen molar-refractivity contribution in [1.29, 1.82) is 0 Å². The van der Waals surface area contributed by atoms with E-state index in [4.69, 9.17) is 5.11 Å². The van der Waals surface area contributed by atoms with E-state index in [0.29, 0.717) is 17.6 Å². The monoisotopic (exact) mass is 274 g/mol. The lowest BCUT2D eigenvalue weighted by atomic mass is 10.2. The van der Waals surface area contributed by atoms with Gasteiger partial charge in [0.05, 0.1) is 23.1 Å². The molecule has 0 radical (unpaired) electrons. The summed E-state index contributed by atoms with van der Waals surface area (Å²) in [6, 6.07) is 8.48. The Hall–Kier alpha value is -2.34. The summed E-state index contributed by atoms with van der Waals surface area (Å²) in [6.07, 6.45) is 0. The second-order valence-electron chi connectivity index (χ2n) is 4.13. The molecule has 2 aromatic heterocycles. The second kappa shape index (κ2) is 4.40. The molecule has 19 heavy (non-hydrogen) atoms. The van der Waals surface area contributed by atoms with E-state index in [0.717, 1.165) is 4.88 Å². The molecule has 96 valence electrons. The lowest BCUT2D eigenvalue weighted by Crippen LogP contribution is -2.16. The normalized spacial score (nSPS) is 10.9. The number of thiophene rings is 1. The van der Waals surface area contributed by atoms with Crippen LogP contribution in [0.25, 0.3) is 11.0 Å². The van der Waals surface area contributed by atoms with E-state index in [9.17, 15) is 9.59 Å².